The number of aromatic nitrogens is 2. The first-order valence-electron chi connectivity index (χ1n) is 9.65. The van der Waals surface area contributed by atoms with Crippen molar-refractivity contribution in [2.24, 2.45) is 5.92 Å². The van der Waals surface area contributed by atoms with Gasteiger partial charge < -0.3 is 10.4 Å². The van der Waals surface area contributed by atoms with Gasteiger partial charge in [0.25, 0.3) is 11.5 Å². The number of carbonyl (C=O) groups is 2. The van der Waals surface area contributed by atoms with Crippen LogP contribution in [-0.2, 0) is 4.79 Å². The number of rotatable bonds is 7. The van der Waals surface area contributed by atoms with Crippen LogP contribution in [0.15, 0.2) is 29.3 Å². The molecule has 0 atom stereocenters. The second kappa shape index (κ2) is 7.35. The number of fused-ring (bicyclic) bond motifs is 1. The van der Waals surface area contributed by atoms with Gasteiger partial charge in [-0.05, 0) is 50.2 Å². The molecule has 2 saturated carbocycles. The molecule has 2 aliphatic carbocycles. The molecule has 2 aliphatic rings. The molecule has 2 heterocycles. The molecule has 0 bridgehead atoms. The number of nitrogens with one attached hydrogen (secondary N) is 1. The van der Waals surface area contributed by atoms with E-state index in [-0.39, 0.29) is 29.8 Å². The topological polar surface area (TPSA) is 104 Å². The molecule has 1 amide bonds. The second-order valence-corrected chi connectivity index (χ2v) is 7.97. The third kappa shape index (κ3) is 3.91. The standard InChI is InChI=1S/C20H24N4O4/c1-12-2-5-17-21-8-16(20(28)24(17)9-12)19(27)22-14-6-15(7-14)23(11-18(25)26)10-13-3-4-13/h2,5,8-9,13-15H,3-4,6-7,10-11H2,1H3,(H,22,27)(H,25,26). The van der Waals surface area contributed by atoms with Crippen LogP contribution in [0.25, 0.3) is 5.65 Å². The number of nitrogens with zero attached hydrogens (tertiary/aromatic N) is 3. The minimum absolute atomic E-state index is 0.0203. The Kier molecular flexibility index (Phi) is 4.89. The highest BCUT2D eigenvalue weighted by molar-refractivity contribution is 5.94. The van der Waals surface area contributed by atoms with Gasteiger partial charge in [-0.2, -0.15) is 0 Å². The monoisotopic (exact) mass is 384 g/mol. The van der Waals surface area contributed by atoms with E-state index >= 15 is 0 Å². The van der Waals surface area contributed by atoms with Gasteiger partial charge in [-0.3, -0.25) is 23.7 Å². The Balaban J connectivity index is 1.40. The maximum atomic E-state index is 12.6. The van der Waals surface area contributed by atoms with E-state index in [1.807, 2.05) is 17.9 Å². The molecule has 0 aliphatic heterocycles. The average Bonchev–Trinajstić information content (AvgIpc) is 3.41. The Hall–Kier alpha value is -2.74. The minimum Gasteiger partial charge on any atom is -0.480 e. The molecule has 8 heteroatoms. The Labute approximate surface area is 162 Å². The van der Waals surface area contributed by atoms with Gasteiger partial charge in [-0.1, -0.05) is 6.07 Å². The number of aryl methyl sites for hydroxylation is 1. The normalized spacial score (nSPS) is 21.5. The first-order chi connectivity index (χ1) is 13.4. The largest absolute Gasteiger partial charge is 0.480 e. The van der Waals surface area contributed by atoms with E-state index in [4.69, 9.17) is 5.11 Å². The number of pyridine rings is 1. The van der Waals surface area contributed by atoms with Gasteiger partial charge in [0.05, 0.1) is 6.54 Å². The molecule has 0 aromatic carbocycles. The van der Waals surface area contributed by atoms with Crippen molar-refractivity contribution < 1.29 is 14.7 Å². The molecule has 0 saturated heterocycles. The van der Waals surface area contributed by atoms with Crippen molar-refractivity contribution in [2.45, 2.75) is 44.7 Å². The fourth-order valence-electron chi connectivity index (χ4n) is 3.75. The summed E-state index contributed by atoms with van der Waals surface area (Å²) >= 11 is 0. The number of aliphatic carboxylic acids is 1. The second-order valence-electron chi connectivity index (χ2n) is 7.97. The summed E-state index contributed by atoms with van der Waals surface area (Å²) in [6.07, 6.45) is 6.73. The van der Waals surface area contributed by atoms with Crippen LogP contribution in [0.5, 0.6) is 0 Å². The van der Waals surface area contributed by atoms with Crippen molar-refractivity contribution in [3.63, 3.8) is 0 Å². The van der Waals surface area contributed by atoms with Crippen LogP contribution in [0.2, 0.25) is 0 Å². The molecule has 2 aromatic rings. The van der Waals surface area contributed by atoms with Gasteiger partial charge in [0.15, 0.2) is 0 Å². The lowest BCUT2D eigenvalue weighted by Crippen LogP contribution is -2.55. The van der Waals surface area contributed by atoms with Crippen LogP contribution in [0.3, 0.4) is 0 Å². The Morgan fingerprint density at radius 2 is 2.07 bits per heavy atom. The van der Waals surface area contributed by atoms with E-state index in [1.165, 1.54) is 23.4 Å². The van der Waals surface area contributed by atoms with E-state index < -0.39 is 11.9 Å². The van der Waals surface area contributed by atoms with Gasteiger partial charge in [0, 0.05) is 31.0 Å². The minimum atomic E-state index is -0.821. The van der Waals surface area contributed by atoms with Crippen molar-refractivity contribution >= 4 is 17.5 Å². The molecular weight excluding hydrogens is 360 g/mol. The highest BCUT2D eigenvalue weighted by Gasteiger charge is 2.38. The van der Waals surface area contributed by atoms with Crippen LogP contribution in [0.4, 0.5) is 0 Å². The van der Waals surface area contributed by atoms with E-state index in [0.717, 1.165) is 12.1 Å². The molecule has 0 radical (unpaired) electrons. The van der Waals surface area contributed by atoms with E-state index in [0.29, 0.717) is 24.4 Å². The van der Waals surface area contributed by atoms with Gasteiger partial charge in [-0.25, -0.2) is 4.98 Å². The van der Waals surface area contributed by atoms with Crippen LogP contribution in [0.1, 0.15) is 41.6 Å². The summed E-state index contributed by atoms with van der Waals surface area (Å²) in [5, 5.41) is 12.0. The van der Waals surface area contributed by atoms with Crippen molar-refractivity contribution in [3.05, 3.63) is 46.0 Å². The van der Waals surface area contributed by atoms with Crippen molar-refractivity contribution in [1.82, 2.24) is 19.6 Å². The van der Waals surface area contributed by atoms with Gasteiger partial charge in [-0.15, -0.1) is 0 Å². The van der Waals surface area contributed by atoms with Gasteiger partial charge in [0.1, 0.15) is 11.2 Å². The van der Waals surface area contributed by atoms with E-state index in [1.54, 1.807) is 12.3 Å². The lowest BCUT2D eigenvalue weighted by atomic mass is 9.85. The van der Waals surface area contributed by atoms with E-state index in [9.17, 15) is 14.4 Å². The highest BCUT2D eigenvalue weighted by Crippen LogP contribution is 2.33. The predicted molar refractivity (Wildman–Crippen MR) is 102 cm³/mol. The van der Waals surface area contributed by atoms with Crippen molar-refractivity contribution in [3.8, 4) is 0 Å². The fraction of sp³-hybridized carbons (Fsp3) is 0.500. The molecule has 28 heavy (non-hydrogen) atoms. The molecule has 2 fully saturated rings. The molecule has 2 aromatic heterocycles. The Morgan fingerprint density at radius 1 is 1.32 bits per heavy atom. The maximum Gasteiger partial charge on any atom is 0.317 e. The number of carboxylic acid groups (broad SMARTS) is 1. The molecule has 0 spiro atoms. The maximum absolute atomic E-state index is 12.6. The number of hydrogen-bond donors (Lipinski definition) is 2. The fourth-order valence-corrected chi connectivity index (χ4v) is 3.75. The van der Waals surface area contributed by atoms with Crippen molar-refractivity contribution in [2.75, 3.05) is 13.1 Å². The molecule has 0 unspecified atom stereocenters. The predicted octanol–water partition coefficient (Wildman–Crippen LogP) is 1.06. The first-order valence-corrected chi connectivity index (χ1v) is 9.65. The van der Waals surface area contributed by atoms with Gasteiger partial charge >= 0.3 is 5.97 Å². The van der Waals surface area contributed by atoms with E-state index in [2.05, 4.69) is 10.3 Å². The lowest BCUT2D eigenvalue weighted by molar-refractivity contribution is -0.139. The zero-order valence-electron chi connectivity index (χ0n) is 15.8. The number of amides is 1. The van der Waals surface area contributed by atoms with Crippen molar-refractivity contribution in [1.29, 1.82) is 0 Å². The molecular formula is C20H24N4O4. The molecule has 148 valence electrons. The number of carboxylic acids is 1. The number of hydrogen-bond acceptors (Lipinski definition) is 5. The SMILES string of the molecule is Cc1ccc2ncc(C(=O)NC3CC(N(CC(=O)O)CC4CC4)C3)c(=O)n2c1. The van der Waals surface area contributed by atoms with Crippen LogP contribution in [0, 0.1) is 12.8 Å². The summed E-state index contributed by atoms with van der Waals surface area (Å²) in [6, 6.07) is 3.72. The Morgan fingerprint density at radius 3 is 2.75 bits per heavy atom. The third-order valence-corrected chi connectivity index (χ3v) is 5.59. The molecule has 2 N–H and O–H groups in total. The summed E-state index contributed by atoms with van der Waals surface area (Å²) in [4.78, 5) is 42.5. The summed E-state index contributed by atoms with van der Waals surface area (Å²) in [6.45, 7) is 2.72. The summed E-state index contributed by atoms with van der Waals surface area (Å²) in [5.74, 6) is -0.636. The zero-order chi connectivity index (χ0) is 19.8. The quantitative estimate of drug-likeness (QED) is 0.740. The van der Waals surface area contributed by atoms with Crippen LogP contribution >= 0.6 is 0 Å². The number of carbonyl (C=O) groups excluding carboxylic acids is 1. The summed E-state index contributed by atoms with van der Waals surface area (Å²) in [5.41, 5.74) is 1.04. The van der Waals surface area contributed by atoms with Gasteiger partial charge in [0.2, 0.25) is 0 Å². The zero-order valence-corrected chi connectivity index (χ0v) is 15.8. The summed E-state index contributed by atoms with van der Waals surface area (Å²) < 4.78 is 1.39. The smallest absolute Gasteiger partial charge is 0.317 e. The molecule has 8 nitrogen and oxygen atoms in total. The summed E-state index contributed by atoms with van der Waals surface area (Å²) in [7, 11) is 0. The molecule has 4 rings (SSSR count). The Bertz CT molecular complexity index is 976. The average molecular weight is 384 g/mol. The van der Waals surface area contributed by atoms with Crippen LogP contribution in [-0.4, -0.2) is 56.4 Å². The lowest BCUT2D eigenvalue weighted by Gasteiger charge is -2.42. The highest BCUT2D eigenvalue weighted by atomic mass is 16.4. The first kappa shape index (κ1) is 18.6. The van der Waals surface area contributed by atoms with Crippen LogP contribution < -0.4 is 10.9 Å². The third-order valence-electron chi connectivity index (χ3n) is 5.59.